The van der Waals surface area contributed by atoms with Crippen LogP contribution >= 0.6 is 23.4 Å². The predicted molar refractivity (Wildman–Crippen MR) is 112 cm³/mol. The number of nitrogens with zero attached hydrogens (tertiary/aromatic N) is 2. The van der Waals surface area contributed by atoms with Gasteiger partial charge in [-0.1, -0.05) is 23.4 Å². The van der Waals surface area contributed by atoms with Crippen molar-refractivity contribution in [2.24, 2.45) is 0 Å². The van der Waals surface area contributed by atoms with Crippen LogP contribution in [0, 0.1) is 0 Å². The molecule has 2 aromatic heterocycles. The molecule has 29 heavy (non-hydrogen) atoms. The number of aliphatic hydroxyl groups is 1. The lowest BCUT2D eigenvalue weighted by atomic mass is 10.2. The summed E-state index contributed by atoms with van der Waals surface area (Å²) in [6, 6.07) is 13.6. The molecular formula is C20H17ClN4O3S. The number of hydrogen-bond acceptors (Lipinski definition) is 6. The Morgan fingerprint density at radius 2 is 1.79 bits per heavy atom. The van der Waals surface area contributed by atoms with Gasteiger partial charge in [0.15, 0.2) is 0 Å². The average molecular weight is 429 g/mol. The predicted octanol–water partition coefficient (Wildman–Crippen LogP) is 3.28. The van der Waals surface area contributed by atoms with Gasteiger partial charge in [0, 0.05) is 29.3 Å². The van der Waals surface area contributed by atoms with E-state index in [0.29, 0.717) is 21.3 Å². The van der Waals surface area contributed by atoms with Gasteiger partial charge < -0.3 is 15.7 Å². The molecule has 1 unspecified atom stereocenters. The molecule has 0 spiro atoms. The first-order chi connectivity index (χ1) is 14.1. The SMILES string of the molecule is O=C(CO)NC(Sc1ncccc1C(=O)Nc1ccc(Cl)cc1)c1ccncc1. The number of aromatic nitrogens is 2. The van der Waals surface area contributed by atoms with Gasteiger partial charge in [-0.15, -0.1) is 0 Å². The highest BCUT2D eigenvalue weighted by Gasteiger charge is 2.21. The summed E-state index contributed by atoms with van der Waals surface area (Å²) < 4.78 is 0. The number of benzene rings is 1. The van der Waals surface area contributed by atoms with Gasteiger partial charge in [-0.05, 0) is 54.1 Å². The van der Waals surface area contributed by atoms with Crippen molar-refractivity contribution in [1.82, 2.24) is 15.3 Å². The molecule has 3 rings (SSSR count). The molecule has 1 atom stereocenters. The third-order valence-electron chi connectivity index (χ3n) is 3.79. The highest BCUT2D eigenvalue weighted by molar-refractivity contribution is 7.99. The Balaban J connectivity index is 1.84. The largest absolute Gasteiger partial charge is 0.387 e. The quantitative estimate of drug-likeness (QED) is 0.394. The Hall–Kier alpha value is -2.94. The van der Waals surface area contributed by atoms with E-state index < -0.39 is 17.9 Å². The number of pyridine rings is 2. The van der Waals surface area contributed by atoms with Crippen LogP contribution < -0.4 is 10.6 Å². The number of aliphatic hydroxyl groups excluding tert-OH is 1. The number of amides is 2. The van der Waals surface area contributed by atoms with Crippen molar-refractivity contribution in [3.63, 3.8) is 0 Å². The highest BCUT2D eigenvalue weighted by atomic mass is 35.5. The first-order valence-corrected chi connectivity index (χ1v) is 9.81. The number of nitrogens with one attached hydrogen (secondary N) is 2. The Bertz CT molecular complexity index is 987. The zero-order valence-corrected chi connectivity index (χ0v) is 16.7. The van der Waals surface area contributed by atoms with Crippen LogP contribution in [0.4, 0.5) is 5.69 Å². The summed E-state index contributed by atoms with van der Waals surface area (Å²) in [6.45, 7) is -0.645. The standard InChI is InChI=1S/C20H17ClN4O3S/c21-14-3-5-15(6-4-14)24-18(28)16-2-1-9-23-20(16)29-19(25-17(27)12-26)13-7-10-22-11-8-13/h1-11,19,26H,12H2,(H,24,28)(H,25,27). The molecule has 0 radical (unpaired) electrons. The molecule has 2 heterocycles. The fraction of sp³-hybridized carbons (Fsp3) is 0.100. The fourth-order valence-corrected chi connectivity index (χ4v) is 3.65. The molecule has 0 saturated heterocycles. The molecule has 0 fully saturated rings. The minimum absolute atomic E-state index is 0.343. The third kappa shape index (κ3) is 5.77. The lowest BCUT2D eigenvalue weighted by molar-refractivity contribution is -0.124. The maximum Gasteiger partial charge on any atom is 0.258 e. The van der Waals surface area contributed by atoms with Crippen LogP contribution in [-0.2, 0) is 4.79 Å². The van der Waals surface area contributed by atoms with Crippen molar-refractivity contribution < 1.29 is 14.7 Å². The molecule has 0 aliphatic carbocycles. The van der Waals surface area contributed by atoms with Crippen LogP contribution in [-0.4, -0.2) is 33.5 Å². The molecule has 0 bridgehead atoms. The maximum atomic E-state index is 12.8. The van der Waals surface area contributed by atoms with Crippen molar-refractivity contribution in [3.05, 3.63) is 83.3 Å². The van der Waals surface area contributed by atoms with Gasteiger partial charge in [-0.25, -0.2) is 4.98 Å². The summed E-state index contributed by atoms with van der Waals surface area (Å²) in [5, 5.41) is 15.1. The molecular weight excluding hydrogens is 412 g/mol. The van der Waals surface area contributed by atoms with Crippen LogP contribution in [0.5, 0.6) is 0 Å². The third-order valence-corrected chi connectivity index (χ3v) is 5.22. The summed E-state index contributed by atoms with van der Waals surface area (Å²) in [4.78, 5) is 32.8. The maximum absolute atomic E-state index is 12.8. The van der Waals surface area contributed by atoms with Crippen molar-refractivity contribution in [2.45, 2.75) is 10.4 Å². The summed E-state index contributed by atoms with van der Waals surface area (Å²) >= 11 is 7.07. The molecule has 3 aromatic rings. The number of rotatable bonds is 7. The topological polar surface area (TPSA) is 104 Å². The van der Waals surface area contributed by atoms with Crippen LogP contribution in [0.2, 0.25) is 5.02 Å². The van der Waals surface area contributed by atoms with Gasteiger partial charge in [0.1, 0.15) is 17.0 Å². The lowest BCUT2D eigenvalue weighted by Gasteiger charge is -2.19. The molecule has 3 N–H and O–H groups in total. The van der Waals surface area contributed by atoms with E-state index in [4.69, 9.17) is 16.7 Å². The van der Waals surface area contributed by atoms with E-state index >= 15 is 0 Å². The summed E-state index contributed by atoms with van der Waals surface area (Å²) in [7, 11) is 0. The van der Waals surface area contributed by atoms with Gasteiger partial charge in [-0.2, -0.15) is 0 Å². The van der Waals surface area contributed by atoms with E-state index in [2.05, 4.69) is 20.6 Å². The van der Waals surface area contributed by atoms with Crippen molar-refractivity contribution in [3.8, 4) is 0 Å². The molecule has 1 aromatic carbocycles. The number of carbonyl (C=O) groups is 2. The molecule has 7 nitrogen and oxygen atoms in total. The molecule has 0 aliphatic rings. The van der Waals surface area contributed by atoms with Gasteiger partial charge in [-0.3, -0.25) is 14.6 Å². The van der Waals surface area contributed by atoms with E-state index in [-0.39, 0.29) is 5.91 Å². The van der Waals surface area contributed by atoms with Crippen molar-refractivity contribution in [2.75, 3.05) is 11.9 Å². The Kier molecular flexibility index (Phi) is 7.18. The zero-order valence-electron chi connectivity index (χ0n) is 15.1. The van der Waals surface area contributed by atoms with Crippen LogP contribution in [0.3, 0.4) is 0 Å². The fourth-order valence-electron chi connectivity index (χ4n) is 2.41. The van der Waals surface area contributed by atoms with E-state index in [0.717, 1.165) is 5.56 Å². The highest BCUT2D eigenvalue weighted by Crippen LogP contribution is 2.34. The summed E-state index contributed by atoms with van der Waals surface area (Å²) in [5.41, 5.74) is 1.70. The number of anilines is 1. The second-order valence-corrected chi connectivity index (χ2v) is 7.35. The minimum Gasteiger partial charge on any atom is -0.387 e. The van der Waals surface area contributed by atoms with Gasteiger partial charge >= 0.3 is 0 Å². The molecule has 148 valence electrons. The monoisotopic (exact) mass is 428 g/mol. The normalized spacial score (nSPS) is 11.5. The van der Waals surface area contributed by atoms with E-state index in [1.807, 2.05) is 0 Å². The van der Waals surface area contributed by atoms with Gasteiger partial charge in [0.2, 0.25) is 5.91 Å². The van der Waals surface area contributed by atoms with Crippen molar-refractivity contribution >= 4 is 40.9 Å². The smallest absolute Gasteiger partial charge is 0.258 e. The number of thioether (sulfide) groups is 1. The van der Waals surface area contributed by atoms with Crippen molar-refractivity contribution in [1.29, 1.82) is 0 Å². The zero-order chi connectivity index (χ0) is 20.6. The average Bonchev–Trinajstić information content (AvgIpc) is 2.75. The molecule has 0 saturated carbocycles. The molecule has 9 heteroatoms. The van der Waals surface area contributed by atoms with Crippen LogP contribution in [0.1, 0.15) is 21.3 Å². The Morgan fingerprint density at radius 1 is 1.07 bits per heavy atom. The first kappa shape index (κ1) is 20.8. The van der Waals surface area contributed by atoms with Crippen LogP contribution in [0.25, 0.3) is 0 Å². The van der Waals surface area contributed by atoms with Gasteiger partial charge in [0.25, 0.3) is 5.91 Å². The van der Waals surface area contributed by atoms with E-state index in [1.165, 1.54) is 11.8 Å². The first-order valence-electron chi connectivity index (χ1n) is 8.55. The minimum atomic E-state index is -0.645. The molecule has 0 aliphatic heterocycles. The van der Waals surface area contributed by atoms with Crippen LogP contribution in [0.15, 0.2) is 72.1 Å². The van der Waals surface area contributed by atoms with E-state index in [9.17, 15) is 9.59 Å². The summed E-state index contributed by atoms with van der Waals surface area (Å²) in [6.07, 6.45) is 4.76. The van der Waals surface area contributed by atoms with E-state index in [1.54, 1.807) is 67.1 Å². The number of carbonyl (C=O) groups excluding carboxylic acids is 2. The second kappa shape index (κ2) is 10.0. The molecule has 2 amide bonds. The Labute approximate surface area is 176 Å². The lowest BCUT2D eigenvalue weighted by Crippen LogP contribution is -2.29. The number of halogens is 1. The number of hydrogen-bond donors (Lipinski definition) is 3. The van der Waals surface area contributed by atoms with Gasteiger partial charge in [0.05, 0.1) is 5.56 Å². The summed E-state index contributed by atoms with van der Waals surface area (Å²) in [5.74, 6) is -0.882. The Morgan fingerprint density at radius 3 is 2.48 bits per heavy atom. The second-order valence-electron chi connectivity index (χ2n) is 5.82.